The lowest BCUT2D eigenvalue weighted by Gasteiger charge is -2.36. The molecule has 7 heteroatoms. The summed E-state index contributed by atoms with van der Waals surface area (Å²) in [5.41, 5.74) is 3.49. The van der Waals surface area contributed by atoms with Crippen molar-refractivity contribution in [1.82, 2.24) is 19.7 Å². The van der Waals surface area contributed by atoms with Gasteiger partial charge in [0.05, 0.1) is 18.4 Å². The van der Waals surface area contributed by atoms with Crippen molar-refractivity contribution in [2.45, 2.75) is 25.8 Å². The smallest absolute Gasteiger partial charge is 0.129 e. The van der Waals surface area contributed by atoms with Crippen molar-refractivity contribution in [3.8, 4) is 22.9 Å². The maximum absolute atomic E-state index is 9.74. The molecule has 0 amide bonds. The van der Waals surface area contributed by atoms with E-state index in [0.717, 1.165) is 54.3 Å². The molecule has 0 radical (unpaired) electrons. The number of methoxy groups -OCH3 is 1. The predicted octanol–water partition coefficient (Wildman–Crippen LogP) is 3.37. The van der Waals surface area contributed by atoms with Crippen LogP contribution in [0.1, 0.15) is 30.3 Å². The topological polar surface area (TPSA) is 79.9 Å². The Balaban J connectivity index is 1.69. The summed E-state index contributed by atoms with van der Waals surface area (Å²) in [7, 11) is 1.65. The number of rotatable bonds is 4. The molecule has 1 aromatic carbocycles. The highest BCUT2D eigenvalue weighted by atomic mass is 16.5. The van der Waals surface area contributed by atoms with Crippen LogP contribution in [0.25, 0.3) is 11.1 Å². The first kappa shape index (κ1) is 18.0. The molecule has 0 bridgehead atoms. The van der Waals surface area contributed by atoms with E-state index in [9.17, 15) is 5.26 Å². The van der Waals surface area contributed by atoms with Gasteiger partial charge in [0, 0.05) is 42.7 Å². The van der Waals surface area contributed by atoms with Gasteiger partial charge in [0.1, 0.15) is 24.0 Å². The Morgan fingerprint density at radius 2 is 2.00 bits per heavy atom. The summed E-state index contributed by atoms with van der Waals surface area (Å²) >= 11 is 0. The molecule has 2 aromatic heterocycles. The SMILES string of the molecule is COc1ccncc1-c1cccc(C#N)c1N1CCC(n2cnnc2C)CC1. The number of piperidine rings is 1. The molecule has 0 aliphatic carbocycles. The van der Waals surface area contributed by atoms with Crippen LogP contribution in [0.4, 0.5) is 5.69 Å². The minimum Gasteiger partial charge on any atom is -0.496 e. The first-order valence-electron chi connectivity index (χ1n) is 9.35. The second kappa shape index (κ2) is 7.69. The van der Waals surface area contributed by atoms with E-state index in [-0.39, 0.29) is 0 Å². The van der Waals surface area contributed by atoms with Gasteiger partial charge in [-0.1, -0.05) is 12.1 Å². The van der Waals surface area contributed by atoms with E-state index in [2.05, 4.69) is 30.7 Å². The third-order valence-electron chi connectivity index (χ3n) is 5.37. The van der Waals surface area contributed by atoms with E-state index in [1.54, 1.807) is 19.5 Å². The van der Waals surface area contributed by atoms with Gasteiger partial charge < -0.3 is 14.2 Å². The number of hydrogen-bond acceptors (Lipinski definition) is 6. The van der Waals surface area contributed by atoms with Crippen LogP contribution in [0, 0.1) is 18.3 Å². The Labute approximate surface area is 164 Å². The lowest BCUT2D eigenvalue weighted by molar-refractivity contribution is 0.389. The fourth-order valence-electron chi connectivity index (χ4n) is 3.98. The normalized spacial score (nSPS) is 14.7. The van der Waals surface area contributed by atoms with Crippen LogP contribution >= 0.6 is 0 Å². The summed E-state index contributed by atoms with van der Waals surface area (Å²) in [6.45, 7) is 3.70. The highest BCUT2D eigenvalue weighted by Crippen LogP contribution is 2.40. The molecule has 3 heterocycles. The minimum atomic E-state index is 0.386. The molecule has 0 spiro atoms. The quantitative estimate of drug-likeness (QED) is 0.697. The van der Waals surface area contributed by atoms with Crippen molar-refractivity contribution in [2.24, 2.45) is 0 Å². The van der Waals surface area contributed by atoms with Gasteiger partial charge in [-0.15, -0.1) is 10.2 Å². The van der Waals surface area contributed by atoms with Crippen LogP contribution in [-0.4, -0.2) is 39.9 Å². The van der Waals surface area contributed by atoms with Crippen LogP contribution in [0.2, 0.25) is 0 Å². The van der Waals surface area contributed by atoms with Gasteiger partial charge in [0.15, 0.2) is 0 Å². The molecule has 3 aromatic rings. The van der Waals surface area contributed by atoms with Crippen molar-refractivity contribution < 1.29 is 4.74 Å². The van der Waals surface area contributed by atoms with Gasteiger partial charge in [-0.2, -0.15) is 5.26 Å². The number of aromatic nitrogens is 4. The lowest BCUT2D eigenvalue weighted by Crippen LogP contribution is -2.35. The predicted molar refractivity (Wildman–Crippen MR) is 106 cm³/mol. The molecular weight excluding hydrogens is 352 g/mol. The van der Waals surface area contributed by atoms with Gasteiger partial charge >= 0.3 is 0 Å². The number of anilines is 1. The first-order chi connectivity index (χ1) is 13.7. The number of pyridine rings is 1. The Bertz CT molecular complexity index is 1010. The van der Waals surface area contributed by atoms with Gasteiger partial charge in [-0.3, -0.25) is 4.98 Å². The van der Waals surface area contributed by atoms with Crippen molar-refractivity contribution in [2.75, 3.05) is 25.1 Å². The van der Waals surface area contributed by atoms with Gasteiger partial charge in [0.2, 0.25) is 0 Å². The molecule has 142 valence electrons. The van der Waals surface area contributed by atoms with E-state index in [1.165, 1.54) is 0 Å². The fraction of sp³-hybridized carbons (Fsp3) is 0.333. The molecule has 4 rings (SSSR count). The lowest BCUT2D eigenvalue weighted by atomic mass is 9.97. The zero-order valence-corrected chi connectivity index (χ0v) is 16.0. The number of aryl methyl sites for hydroxylation is 1. The summed E-state index contributed by atoms with van der Waals surface area (Å²) in [6.07, 6.45) is 7.27. The van der Waals surface area contributed by atoms with Gasteiger partial charge in [-0.25, -0.2) is 0 Å². The van der Waals surface area contributed by atoms with Crippen LogP contribution in [0.15, 0.2) is 43.0 Å². The number of ether oxygens (including phenoxy) is 1. The largest absolute Gasteiger partial charge is 0.496 e. The van der Waals surface area contributed by atoms with Crippen LogP contribution < -0.4 is 9.64 Å². The second-order valence-corrected chi connectivity index (χ2v) is 6.89. The Hall–Kier alpha value is -3.40. The number of para-hydroxylation sites is 1. The third-order valence-corrected chi connectivity index (χ3v) is 5.37. The highest BCUT2D eigenvalue weighted by Gasteiger charge is 2.26. The molecule has 1 aliphatic heterocycles. The van der Waals surface area contributed by atoms with E-state index in [1.807, 2.05) is 37.5 Å². The summed E-state index contributed by atoms with van der Waals surface area (Å²) in [6, 6.07) is 10.4. The molecule has 1 aliphatic rings. The average Bonchev–Trinajstić information content (AvgIpc) is 3.19. The molecule has 1 fully saturated rings. The molecular formula is C21H22N6O. The summed E-state index contributed by atoms with van der Waals surface area (Å²) in [4.78, 5) is 6.57. The maximum Gasteiger partial charge on any atom is 0.129 e. The number of nitriles is 1. The molecule has 28 heavy (non-hydrogen) atoms. The van der Waals surface area contributed by atoms with Crippen molar-refractivity contribution >= 4 is 5.69 Å². The molecule has 0 saturated carbocycles. The Kier molecular flexibility index (Phi) is 4.94. The molecule has 0 unspecified atom stereocenters. The third kappa shape index (κ3) is 3.18. The molecule has 1 saturated heterocycles. The number of nitrogens with zero attached hydrogens (tertiary/aromatic N) is 6. The molecule has 0 atom stereocenters. The fourth-order valence-corrected chi connectivity index (χ4v) is 3.98. The number of benzene rings is 1. The summed E-state index contributed by atoms with van der Waals surface area (Å²) in [5.74, 6) is 1.69. The van der Waals surface area contributed by atoms with Gasteiger partial charge in [0.25, 0.3) is 0 Å². The van der Waals surface area contributed by atoms with Gasteiger partial charge in [-0.05, 0) is 31.9 Å². The summed E-state index contributed by atoms with van der Waals surface area (Å²) < 4.78 is 7.69. The van der Waals surface area contributed by atoms with Crippen molar-refractivity contribution in [1.29, 1.82) is 5.26 Å². The van der Waals surface area contributed by atoms with E-state index >= 15 is 0 Å². The highest BCUT2D eigenvalue weighted by molar-refractivity contribution is 5.85. The average molecular weight is 374 g/mol. The zero-order valence-electron chi connectivity index (χ0n) is 16.0. The monoisotopic (exact) mass is 374 g/mol. The van der Waals surface area contributed by atoms with Crippen molar-refractivity contribution in [3.63, 3.8) is 0 Å². The van der Waals surface area contributed by atoms with Crippen molar-refractivity contribution in [3.05, 3.63) is 54.4 Å². The molecule has 7 nitrogen and oxygen atoms in total. The van der Waals surface area contributed by atoms with E-state index in [4.69, 9.17) is 4.74 Å². The molecule has 0 N–H and O–H groups in total. The van der Waals surface area contributed by atoms with Crippen LogP contribution in [0.5, 0.6) is 5.75 Å². The van der Waals surface area contributed by atoms with Crippen LogP contribution in [0.3, 0.4) is 0 Å². The maximum atomic E-state index is 9.74. The Morgan fingerprint density at radius 3 is 2.68 bits per heavy atom. The minimum absolute atomic E-state index is 0.386. The zero-order chi connectivity index (χ0) is 19.5. The summed E-state index contributed by atoms with van der Waals surface area (Å²) in [5, 5.41) is 17.9. The number of hydrogen-bond donors (Lipinski definition) is 0. The second-order valence-electron chi connectivity index (χ2n) is 6.89. The first-order valence-corrected chi connectivity index (χ1v) is 9.35. The Morgan fingerprint density at radius 1 is 1.18 bits per heavy atom. The van der Waals surface area contributed by atoms with E-state index in [0.29, 0.717) is 11.6 Å². The standard InChI is InChI=1S/C21H22N6O/c1-15-25-24-14-27(15)17-7-10-26(11-8-17)21-16(12-22)4-3-5-18(21)19-13-23-9-6-20(19)28-2/h3-6,9,13-14,17H,7-8,10-11H2,1-2H3. The van der Waals surface area contributed by atoms with Crippen LogP contribution in [-0.2, 0) is 0 Å². The van der Waals surface area contributed by atoms with E-state index < -0.39 is 0 Å².